The molecule has 1 amide bonds. The number of hydrogen-bond donors (Lipinski definition) is 2. The first-order valence-corrected chi connectivity index (χ1v) is 9.21. The zero-order valence-corrected chi connectivity index (χ0v) is 14.9. The molecular weight excluding hydrogens is 300 g/mol. The summed E-state index contributed by atoms with van der Waals surface area (Å²) in [5.41, 5.74) is 9.21. The Hall–Kier alpha value is -1.46. The molecule has 2 heterocycles. The quantitative estimate of drug-likeness (QED) is 0.801. The lowest BCUT2D eigenvalue weighted by Gasteiger charge is -2.29. The Balaban J connectivity index is 1.51. The van der Waals surface area contributed by atoms with Gasteiger partial charge >= 0.3 is 0 Å². The van der Waals surface area contributed by atoms with Crippen molar-refractivity contribution in [2.45, 2.75) is 64.6 Å². The summed E-state index contributed by atoms with van der Waals surface area (Å²) in [5, 5.41) is 3.07. The maximum Gasteiger partial charge on any atom is 0.221 e. The van der Waals surface area contributed by atoms with E-state index in [1.165, 1.54) is 18.4 Å². The van der Waals surface area contributed by atoms with Crippen LogP contribution in [0.25, 0.3) is 0 Å². The van der Waals surface area contributed by atoms with Crippen LogP contribution < -0.4 is 11.1 Å². The smallest absolute Gasteiger partial charge is 0.221 e. The summed E-state index contributed by atoms with van der Waals surface area (Å²) in [4.78, 5) is 19.2. The molecule has 1 aromatic heterocycles. The van der Waals surface area contributed by atoms with E-state index in [0.717, 1.165) is 36.6 Å². The molecule has 2 aliphatic rings. The van der Waals surface area contributed by atoms with Gasteiger partial charge in [0.2, 0.25) is 5.91 Å². The minimum absolute atomic E-state index is 0.137. The molecular formula is C19H30N4O. The highest BCUT2D eigenvalue weighted by Crippen LogP contribution is 2.35. The molecule has 1 aliphatic carbocycles. The second kappa shape index (κ2) is 7.62. The van der Waals surface area contributed by atoms with Crippen molar-refractivity contribution in [2.24, 2.45) is 11.7 Å². The molecule has 0 aromatic carbocycles. The number of likely N-dealkylation sites (tertiary alicyclic amines) is 1. The normalized spacial score (nSPS) is 24.3. The van der Waals surface area contributed by atoms with Gasteiger partial charge in [-0.15, -0.1) is 0 Å². The Morgan fingerprint density at radius 1 is 1.29 bits per heavy atom. The predicted molar refractivity (Wildman–Crippen MR) is 95.5 cm³/mol. The van der Waals surface area contributed by atoms with Gasteiger partial charge in [-0.25, -0.2) is 0 Å². The van der Waals surface area contributed by atoms with Crippen LogP contribution in [0.1, 0.15) is 48.9 Å². The van der Waals surface area contributed by atoms with Gasteiger partial charge in [0.25, 0.3) is 0 Å². The third kappa shape index (κ3) is 4.33. The van der Waals surface area contributed by atoms with Crippen molar-refractivity contribution in [1.82, 2.24) is 15.2 Å². The summed E-state index contributed by atoms with van der Waals surface area (Å²) in [7, 11) is 0. The van der Waals surface area contributed by atoms with E-state index in [-0.39, 0.29) is 5.91 Å². The summed E-state index contributed by atoms with van der Waals surface area (Å²) in [6.07, 6.45) is 7.35. The van der Waals surface area contributed by atoms with Crippen LogP contribution in [0.3, 0.4) is 0 Å². The first-order valence-electron chi connectivity index (χ1n) is 9.21. The molecule has 2 atom stereocenters. The second-order valence-electron chi connectivity index (χ2n) is 7.49. The van der Waals surface area contributed by atoms with Crippen molar-refractivity contribution in [3.8, 4) is 0 Å². The maximum absolute atomic E-state index is 12.4. The number of rotatable bonds is 7. The van der Waals surface area contributed by atoms with Crippen LogP contribution in [-0.4, -0.2) is 41.0 Å². The lowest BCUT2D eigenvalue weighted by atomic mass is 10.1. The minimum atomic E-state index is 0.137. The van der Waals surface area contributed by atoms with Crippen molar-refractivity contribution in [3.05, 3.63) is 29.1 Å². The first-order chi connectivity index (χ1) is 11.6. The summed E-state index contributed by atoms with van der Waals surface area (Å²) < 4.78 is 0. The summed E-state index contributed by atoms with van der Waals surface area (Å²) in [6.45, 7) is 6.45. The molecule has 3 rings (SSSR count). The Bertz CT molecular complexity index is 585. The highest BCUT2D eigenvalue weighted by molar-refractivity contribution is 5.76. The molecule has 0 spiro atoms. The molecule has 24 heavy (non-hydrogen) atoms. The molecule has 5 heteroatoms. The van der Waals surface area contributed by atoms with E-state index in [0.29, 0.717) is 31.6 Å². The number of carbonyl (C=O) groups excluding carboxylic acids is 1. The van der Waals surface area contributed by atoms with E-state index in [9.17, 15) is 4.79 Å². The van der Waals surface area contributed by atoms with Crippen molar-refractivity contribution in [2.75, 3.05) is 13.1 Å². The molecule has 1 aromatic rings. The minimum Gasteiger partial charge on any atom is -0.352 e. The number of nitrogens with zero attached hydrogens (tertiary/aromatic N) is 2. The van der Waals surface area contributed by atoms with Gasteiger partial charge in [-0.3, -0.25) is 14.7 Å². The number of nitrogens with two attached hydrogens (primary N) is 1. The van der Waals surface area contributed by atoms with Gasteiger partial charge in [-0.05, 0) is 62.6 Å². The zero-order valence-electron chi connectivity index (χ0n) is 14.9. The molecule has 0 unspecified atom stereocenters. The SMILES string of the molecule is Cc1cc(C)c(CNC(=O)C[C@@H]2CC[C@H](CN)N2CC2CC2)cn1. The van der Waals surface area contributed by atoms with Crippen LogP contribution in [0.4, 0.5) is 0 Å². The van der Waals surface area contributed by atoms with Gasteiger partial charge in [0, 0.05) is 50.0 Å². The van der Waals surface area contributed by atoms with E-state index in [2.05, 4.69) is 28.2 Å². The van der Waals surface area contributed by atoms with E-state index in [4.69, 9.17) is 5.73 Å². The lowest BCUT2D eigenvalue weighted by Crippen LogP contribution is -2.43. The van der Waals surface area contributed by atoms with Crippen molar-refractivity contribution < 1.29 is 4.79 Å². The van der Waals surface area contributed by atoms with Crippen LogP contribution in [-0.2, 0) is 11.3 Å². The second-order valence-corrected chi connectivity index (χ2v) is 7.49. The Kier molecular flexibility index (Phi) is 5.51. The monoisotopic (exact) mass is 330 g/mol. The average molecular weight is 330 g/mol. The number of amides is 1. The van der Waals surface area contributed by atoms with Crippen molar-refractivity contribution in [3.63, 3.8) is 0 Å². The van der Waals surface area contributed by atoms with Gasteiger partial charge in [0.15, 0.2) is 0 Å². The van der Waals surface area contributed by atoms with Crippen LogP contribution in [0.5, 0.6) is 0 Å². The summed E-state index contributed by atoms with van der Waals surface area (Å²) in [6, 6.07) is 2.88. The molecule has 1 saturated heterocycles. The van der Waals surface area contributed by atoms with Gasteiger partial charge in [-0.1, -0.05) is 0 Å². The molecule has 1 aliphatic heterocycles. The fourth-order valence-electron chi connectivity index (χ4n) is 3.77. The predicted octanol–water partition coefficient (Wildman–Crippen LogP) is 1.91. The number of aryl methyl sites for hydroxylation is 2. The molecule has 2 fully saturated rings. The molecule has 132 valence electrons. The van der Waals surface area contributed by atoms with Crippen LogP contribution in [0.15, 0.2) is 12.3 Å². The highest BCUT2D eigenvalue weighted by atomic mass is 16.1. The number of nitrogens with one attached hydrogen (secondary N) is 1. The molecule has 1 saturated carbocycles. The summed E-state index contributed by atoms with van der Waals surface area (Å²) >= 11 is 0. The van der Waals surface area contributed by atoms with Crippen LogP contribution in [0, 0.1) is 19.8 Å². The third-order valence-corrected chi connectivity index (χ3v) is 5.46. The number of carbonyl (C=O) groups is 1. The summed E-state index contributed by atoms with van der Waals surface area (Å²) in [5.74, 6) is 0.974. The largest absolute Gasteiger partial charge is 0.352 e. The van der Waals surface area contributed by atoms with Gasteiger partial charge in [-0.2, -0.15) is 0 Å². The van der Waals surface area contributed by atoms with Gasteiger partial charge in [0.1, 0.15) is 0 Å². The first kappa shape index (κ1) is 17.4. The molecule has 3 N–H and O–H groups in total. The zero-order chi connectivity index (χ0) is 17.1. The standard InChI is InChI=1S/C19H30N4O/c1-13-7-14(2)21-10-16(13)11-22-19(24)8-17-5-6-18(9-20)23(17)12-15-3-4-15/h7,10,15,17-18H,3-6,8-9,11-12,20H2,1-2H3,(H,22,24)/t17-,18+/m0/s1. The Morgan fingerprint density at radius 2 is 2.04 bits per heavy atom. The maximum atomic E-state index is 12.4. The molecule has 5 nitrogen and oxygen atoms in total. The van der Waals surface area contributed by atoms with Gasteiger partial charge < -0.3 is 11.1 Å². The van der Waals surface area contributed by atoms with Crippen molar-refractivity contribution >= 4 is 5.91 Å². The molecule has 0 radical (unpaired) electrons. The Morgan fingerprint density at radius 3 is 2.71 bits per heavy atom. The average Bonchev–Trinajstić information content (AvgIpc) is 3.29. The van der Waals surface area contributed by atoms with Crippen LogP contribution in [0.2, 0.25) is 0 Å². The third-order valence-electron chi connectivity index (χ3n) is 5.46. The fraction of sp³-hybridized carbons (Fsp3) is 0.684. The lowest BCUT2D eigenvalue weighted by molar-refractivity contribution is -0.122. The molecule has 0 bridgehead atoms. The highest BCUT2D eigenvalue weighted by Gasteiger charge is 2.37. The fourth-order valence-corrected chi connectivity index (χ4v) is 3.77. The van der Waals surface area contributed by atoms with E-state index < -0.39 is 0 Å². The van der Waals surface area contributed by atoms with Crippen molar-refractivity contribution in [1.29, 1.82) is 0 Å². The number of aromatic nitrogens is 1. The van der Waals surface area contributed by atoms with E-state index in [1.54, 1.807) is 0 Å². The van der Waals surface area contributed by atoms with Gasteiger partial charge in [0.05, 0.1) is 0 Å². The Labute approximate surface area is 145 Å². The number of pyridine rings is 1. The van der Waals surface area contributed by atoms with E-state index in [1.807, 2.05) is 13.1 Å². The van der Waals surface area contributed by atoms with E-state index >= 15 is 0 Å². The van der Waals surface area contributed by atoms with Crippen LogP contribution >= 0.6 is 0 Å². The topological polar surface area (TPSA) is 71.2 Å². The number of hydrogen-bond acceptors (Lipinski definition) is 4.